The smallest absolute Gasteiger partial charge is 0.164 e. The first-order chi connectivity index (χ1) is 17.7. The van der Waals surface area contributed by atoms with Gasteiger partial charge in [0.15, 0.2) is 5.78 Å². The molecule has 4 nitrogen and oxygen atoms in total. The predicted molar refractivity (Wildman–Crippen MR) is 161 cm³/mol. The monoisotopic (exact) mass is 728 g/mol. The maximum absolute atomic E-state index is 12.2. The number of hydrogen-bond acceptors (Lipinski definition) is 4. The first-order valence-corrected chi connectivity index (χ1v) is 14.0. The van der Waals surface area contributed by atoms with Crippen LogP contribution in [-0.2, 0) is 30.3 Å². The fraction of sp³-hybridized carbons (Fsp3) is 0.485. The second kappa shape index (κ2) is 14.5. The minimum atomic E-state index is -0.337. The van der Waals surface area contributed by atoms with Gasteiger partial charge in [0.2, 0.25) is 0 Å². The quantitative estimate of drug-likeness (QED) is 0.109. The Labute approximate surface area is 254 Å². The third-order valence-electron chi connectivity index (χ3n) is 8.10. The van der Waals surface area contributed by atoms with Gasteiger partial charge in [0.1, 0.15) is 17.2 Å². The number of aliphatic hydroxyl groups excluding tert-OH is 1. The molecule has 1 radical (unpaired) electrons. The van der Waals surface area contributed by atoms with Crippen molar-refractivity contribution < 1.29 is 30.0 Å². The van der Waals surface area contributed by atoms with E-state index in [4.69, 9.17) is 11.6 Å². The Morgan fingerprint density at radius 1 is 0.923 bits per heavy atom. The van der Waals surface area contributed by atoms with Crippen LogP contribution < -0.4 is 0 Å². The van der Waals surface area contributed by atoms with E-state index in [9.17, 15) is 9.90 Å². The number of benzene rings is 2. The SMILES string of the molecule is CC(C)(C)c1cc(-c2cc(Cl)ncn2)[c-]c2ccccc12.CCC(C)(CC)C(=O)/C=C(\O)C(C)(CC)CC.[Ir]. The molecule has 3 rings (SSSR count). The number of fused-ring (bicyclic) bond motifs is 1. The molecule has 3 aromatic rings. The number of nitrogens with zero attached hydrogens (tertiary/aromatic N) is 2. The molecule has 0 saturated carbocycles. The van der Waals surface area contributed by atoms with E-state index in [1.165, 1.54) is 23.4 Å². The first-order valence-electron chi connectivity index (χ1n) is 13.6. The number of carbonyl (C=O) groups excluding carboxylic acids is 1. The Kier molecular flexibility index (Phi) is 13.0. The Morgan fingerprint density at radius 3 is 2.00 bits per heavy atom. The Hall–Kier alpha value is -2.07. The van der Waals surface area contributed by atoms with Crippen LogP contribution in [0.4, 0.5) is 0 Å². The van der Waals surface area contributed by atoms with Crippen molar-refractivity contribution in [2.24, 2.45) is 10.8 Å². The van der Waals surface area contributed by atoms with E-state index in [1.807, 2.05) is 47.6 Å². The molecule has 0 aliphatic carbocycles. The van der Waals surface area contributed by atoms with Crippen LogP contribution in [0.15, 0.2) is 54.6 Å². The maximum Gasteiger partial charge on any atom is 0.164 e. The molecular formula is C33H44ClIrN2O2-. The van der Waals surface area contributed by atoms with Gasteiger partial charge in [0.25, 0.3) is 0 Å². The summed E-state index contributed by atoms with van der Waals surface area (Å²) < 4.78 is 0. The molecule has 0 amide bonds. The summed E-state index contributed by atoms with van der Waals surface area (Å²) in [5, 5.41) is 12.9. The summed E-state index contributed by atoms with van der Waals surface area (Å²) in [5.41, 5.74) is 2.46. The van der Waals surface area contributed by atoms with Crippen molar-refractivity contribution in [2.45, 2.75) is 93.4 Å². The number of hydrogen-bond donors (Lipinski definition) is 1. The fourth-order valence-electron chi connectivity index (χ4n) is 4.15. The van der Waals surface area contributed by atoms with E-state index >= 15 is 0 Å². The molecule has 0 aliphatic rings. The Balaban J connectivity index is 0.000000391. The number of ketones is 1. The van der Waals surface area contributed by atoms with E-state index in [2.05, 4.69) is 61.1 Å². The zero-order valence-corrected chi connectivity index (χ0v) is 28.1. The van der Waals surface area contributed by atoms with Gasteiger partial charge >= 0.3 is 0 Å². The van der Waals surface area contributed by atoms with Crippen LogP contribution in [0, 0.1) is 16.9 Å². The Morgan fingerprint density at radius 2 is 1.49 bits per heavy atom. The second-order valence-electron chi connectivity index (χ2n) is 11.5. The first kappa shape index (κ1) is 35.0. The number of aromatic nitrogens is 2. The summed E-state index contributed by atoms with van der Waals surface area (Å²) in [5.74, 6) is 0.286. The van der Waals surface area contributed by atoms with Crippen LogP contribution in [0.3, 0.4) is 0 Å². The van der Waals surface area contributed by atoms with Crippen LogP contribution in [0.5, 0.6) is 0 Å². The summed E-state index contributed by atoms with van der Waals surface area (Å²) >= 11 is 5.98. The minimum Gasteiger partial charge on any atom is -0.512 e. The standard InChI is InChI=1S/C18H16ClN2.C15H28O2.Ir/c1-18(2,3)15-9-13(16-10-17(19)21-11-20-16)8-12-6-4-5-7-14(12)15;1-7-14(5,8-2)12(16)11-13(17)15(6,9-3)10-4;/h4-7,9-11H,1-3H3;11,16H,7-10H2,1-6H3;/q-1;;/b;12-11-;. The van der Waals surface area contributed by atoms with Gasteiger partial charge in [-0.1, -0.05) is 103 Å². The third-order valence-corrected chi connectivity index (χ3v) is 8.30. The van der Waals surface area contributed by atoms with E-state index in [-0.39, 0.29) is 47.9 Å². The largest absolute Gasteiger partial charge is 0.512 e. The van der Waals surface area contributed by atoms with Crippen LogP contribution in [-0.4, -0.2) is 20.9 Å². The van der Waals surface area contributed by atoms with Crippen molar-refractivity contribution in [3.63, 3.8) is 0 Å². The number of aliphatic hydroxyl groups is 1. The van der Waals surface area contributed by atoms with Crippen molar-refractivity contribution in [1.82, 2.24) is 9.97 Å². The molecule has 39 heavy (non-hydrogen) atoms. The molecule has 215 valence electrons. The summed E-state index contributed by atoms with van der Waals surface area (Å²) in [6.45, 7) is 18.7. The molecule has 0 fully saturated rings. The van der Waals surface area contributed by atoms with Crippen molar-refractivity contribution in [2.75, 3.05) is 0 Å². The Bertz CT molecular complexity index is 1270. The zero-order valence-electron chi connectivity index (χ0n) is 24.9. The van der Waals surface area contributed by atoms with Crippen molar-refractivity contribution >= 4 is 28.2 Å². The molecule has 0 bridgehead atoms. The van der Waals surface area contributed by atoms with Gasteiger partial charge in [0, 0.05) is 42.7 Å². The molecule has 1 N–H and O–H groups in total. The van der Waals surface area contributed by atoms with Gasteiger partial charge in [-0.15, -0.1) is 29.1 Å². The molecule has 6 heteroatoms. The molecular weight excluding hydrogens is 684 g/mol. The van der Waals surface area contributed by atoms with Crippen LogP contribution in [0.2, 0.25) is 5.15 Å². The van der Waals surface area contributed by atoms with Gasteiger partial charge in [-0.2, -0.15) is 0 Å². The van der Waals surface area contributed by atoms with Gasteiger partial charge in [-0.05, 0) is 37.2 Å². The number of halogens is 1. The summed E-state index contributed by atoms with van der Waals surface area (Å²) in [6.07, 6.45) is 6.24. The zero-order chi connectivity index (χ0) is 28.7. The third kappa shape index (κ3) is 8.71. The summed E-state index contributed by atoms with van der Waals surface area (Å²) in [4.78, 5) is 20.4. The summed E-state index contributed by atoms with van der Waals surface area (Å²) in [6, 6.07) is 15.7. The number of allylic oxidation sites excluding steroid dienone is 2. The maximum atomic E-state index is 12.2. The second-order valence-corrected chi connectivity index (χ2v) is 11.9. The van der Waals surface area contributed by atoms with Crippen LogP contribution in [0.25, 0.3) is 22.0 Å². The normalized spacial score (nSPS) is 12.4. The predicted octanol–water partition coefficient (Wildman–Crippen LogP) is 9.70. The topological polar surface area (TPSA) is 63.1 Å². The molecule has 1 aromatic heterocycles. The van der Waals surface area contributed by atoms with Crippen LogP contribution >= 0.6 is 11.6 Å². The molecule has 0 aliphatic heterocycles. The van der Waals surface area contributed by atoms with E-state index in [0.29, 0.717) is 5.15 Å². The molecule has 1 heterocycles. The molecule has 0 unspecified atom stereocenters. The number of rotatable bonds is 8. The van der Waals surface area contributed by atoms with Gasteiger partial charge in [-0.3, -0.25) is 9.78 Å². The van der Waals surface area contributed by atoms with Gasteiger partial charge in [0.05, 0.1) is 0 Å². The molecule has 0 atom stereocenters. The molecule has 0 spiro atoms. The molecule has 2 aromatic carbocycles. The summed E-state index contributed by atoms with van der Waals surface area (Å²) in [7, 11) is 0. The average Bonchev–Trinajstić information content (AvgIpc) is 2.91. The minimum absolute atomic E-state index is 0. The van der Waals surface area contributed by atoms with Gasteiger partial charge < -0.3 is 5.11 Å². The van der Waals surface area contributed by atoms with Gasteiger partial charge in [-0.25, -0.2) is 4.98 Å². The van der Waals surface area contributed by atoms with Crippen molar-refractivity contribution in [3.05, 3.63) is 71.3 Å². The molecule has 0 saturated heterocycles. The number of carbonyl (C=O) groups is 1. The van der Waals surface area contributed by atoms with Crippen LogP contribution in [0.1, 0.15) is 93.6 Å². The average molecular weight is 728 g/mol. The van der Waals surface area contributed by atoms with Crippen molar-refractivity contribution in [1.29, 1.82) is 0 Å². The van der Waals surface area contributed by atoms with E-state index in [0.717, 1.165) is 42.3 Å². The van der Waals surface area contributed by atoms with Crippen molar-refractivity contribution in [3.8, 4) is 11.3 Å². The van der Waals surface area contributed by atoms with E-state index < -0.39 is 0 Å². The fourth-order valence-corrected chi connectivity index (χ4v) is 4.30. The van der Waals surface area contributed by atoms with E-state index in [1.54, 1.807) is 6.07 Å².